The van der Waals surface area contributed by atoms with Gasteiger partial charge in [-0.15, -0.1) is 0 Å². The quantitative estimate of drug-likeness (QED) is 0.825. The molecule has 0 unspecified atom stereocenters. The number of halogens is 2. The lowest BCUT2D eigenvalue weighted by molar-refractivity contribution is 0.891. The van der Waals surface area contributed by atoms with Gasteiger partial charge in [-0.2, -0.15) is 0 Å². The summed E-state index contributed by atoms with van der Waals surface area (Å²) in [6.07, 6.45) is 9.06. The van der Waals surface area contributed by atoms with E-state index in [1.165, 1.54) is 0 Å². The maximum Gasteiger partial charge on any atom is 0.171 e. The predicted molar refractivity (Wildman–Crippen MR) is 85.2 cm³/mol. The van der Waals surface area contributed by atoms with Crippen LogP contribution in [0.25, 0.3) is 0 Å². The van der Waals surface area contributed by atoms with Crippen LogP contribution in [0, 0.1) is 6.42 Å². The van der Waals surface area contributed by atoms with E-state index in [1.807, 2.05) is 24.3 Å². The van der Waals surface area contributed by atoms with Crippen molar-refractivity contribution in [2.75, 3.05) is 0 Å². The lowest BCUT2D eigenvalue weighted by Crippen LogP contribution is -2.34. The number of rotatable bonds is 3. The third kappa shape index (κ3) is 4.86. The zero-order chi connectivity index (χ0) is 13.7. The summed E-state index contributed by atoms with van der Waals surface area (Å²) in [5.74, 6) is 0. The summed E-state index contributed by atoms with van der Waals surface area (Å²) in [7, 11) is 0. The van der Waals surface area contributed by atoms with E-state index in [2.05, 4.69) is 23.1 Å². The standard InChI is InChI=1S/C14H13Cl2N2S/c15-11-6-10(7-12(16)8-11)9-17-14(19)18-13-4-2-1-3-5-13/h1-2,4-8H,3,9H2,(H2,17,18,19). The Hall–Kier alpha value is -1.03. The van der Waals surface area contributed by atoms with Gasteiger partial charge in [-0.25, -0.2) is 0 Å². The van der Waals surface area contributed by atoms with Crippen molar-refractivity contribution in [3.05, 3.63) is 64.2 Å². The first-order valence-corrected chi connectivity index (χ1v) is 7.00. The molecule has 0 fully saturated rings. The van der Waals surface area contributed by atoms with Crippen LogP contribution >= 0.6 is 35.4 Å². The molecule has 0 bridgehead atoms. The van der Waals surface area contributed by atoms with Crippen LogP contribution in [0.1, 0.15) is 12.0 Å². The Morgan fingerprint density at radius 1 is 1.21 bits per heavy atom. The second kappa shape index (κ2) is 6.94. The fraction of sp³-hybridized carbons (Fsp3) is 0.143. The number of benzene rings is 1. The van der Waals surface area contributed by atoms with Gasteiger partial charge >= 0.3 is 0 Å². The minimum atomic E-state index is 0.578. The number of nitrogens with one attached hydrogen (secondary N) is 2. The van der Waals surface area contributed by atoms with Crippen LogP contribution in [0.2, 0.25) is 10.0 Å². The van der Waals surface area contributed by atoms with Crippen molar-refractivity contribution in [1.82, 2.24) is 10.6 Å². The van der Waals surface area contributed by atoms with E-state index in [4.69, 9.17) is 35.4 Å². The Labute approximate surface area is 128 Å². The van der Waals surface area contributed by atoms with E-state index in [0.717, 1.165) is 17.7 Å². The van der Waals surface area contributed by atoms with Crippen molar-refractivity contribution in [1.29, 1.82) is 0 Å². The molecule has 1 aromatic carbocycles. The zero-order valence-corrected chi connectivity index (χ0v) is 12.4. The Bertz CT molecular complexity index is 518. The molecule has 0 atom stereocenters. The molecule has 1 aliphatic carbocycles. The third-order valence-electron chi connectivity index (χ3n) is 2.52. The minimum Gasteiger partial charge on any atom is -0.358 e. The maximum atomic E-state index is 5.94. The van der Waals surface area contributed by atoms with Crippen molar-refractivity contribution >= 4 is 40.5 Å². The topological polar surface area (TPSA) is 24.1 Å². The fourth-order valence-electron chi connectivity index (χ4n) is 1.68. The summed E-state index contributed by atoms with van der Waals surface area (Å²) >= 11 is 17.1. The first kappa shape index (κ1) is 14.4. The first-order chi connectivity index (χ1) is 9.13. The van der Waals surface area contributed by atoms with Crippen molar-refractivity contribution < 1.29 is 0 Å². The molecule has 1 aliphatic rings. The van der Waals surface area contributed by atoms with Crippen molar-refractivity contribution in [3.63, 3.8) is 0 Å². The molecule has 1 aromatic rings. The molecule has 5 heteroatoms. The van der Waals surface area contributed by atoms with E-state index in [1.54, 1.807) is 6.07 Å². The maximum absolute atomic E-state index is 5.94. The van der Waals surface area contributed by atoms with Gasteiger partial charge in [0, 0.05) is 22.3 Å². The average molecular weight is 312 g/mol. The van der Waals surface area contributed by atoms with Crippen molar-refractivity contribution in [2.45, 2.75) is 13.0 Å². The average Bonchev–Trinajstić information content (AvgIpc) is 2.36. The Balaban J connectivity index is 1.86. The molecule has 2 N–H and O–H groups in total. The molecule has 0 heterocycles. The van der Waals surface area contributed by atoms with E-state index in [9.17, 15) is 0 Å². The van der Waals surface area contributed by atoms with E-state index >= 15 is 0 Å². The monoisotopic (exact) mass is 311 g/mol. The van der Waals surface area contributed by atoms with Crippen LogP contribution in [0.4, 0.5) is 0 Å². The van der Waals surface area contributed by atoms with Gasteiger partial charge in [0.25, 0.3) is 0 Å². The van der Waals surface area contributed by atoms with E-state index < -0.39 is 0 Å². The molecule has 2 nitrogen and oxygen atoms in total. The molecule has 0 aromatic heterocycles. The summed E-state index contributed by atoms with van der Waals surface area (Å²) in [6, 6.07) is 5.42. The summed E-state index contributed by atoms with van der Waals surface area (Å²) < 4.78 is 0. The second-order valence-corrected chi connectivity index (χ2v) is 5.36. The molecule has 2 rings (SSSR count). The summed E-state index contributed by atoms with van der Waals surface area (Å²) in [6.45, 7) is 0.579. The van der Waals surface area contributed by atoms with Gasteiger partial charge in [0.05, 0.1) is 0 Å². The van der Waals surface area contributed by atoms with Crippen LogP contribution in [0.5, 0.6) is 0 Å². The number of thiocarbonyl (C=S) groups is 1. The fourth-order valence-corrected chi connectivity index (χ4v) is 2.44. The first-order valence-electron chi connectivity index (χ1n) is 5.83. The van der Waals surface area contributed by atoms with Crippen LogP contribution in [-0.2, 0) is 6.54 Å². The molecule has 0 spiro atoms. The van der Waals surface area contributed by atoms with Gasteiger partial charge in [-0.05, 0) is 54.9 Å². The molecule has 0 saturated carbocycles. The SMILES string of the molecule is S=C(NCc1cc(Cl)cc(Cl)c1)NC1=CC[CH]C=C1. The normalized spacial score (nSPS) is 13.9. The van der Waals surface area contributed by atoms with Crippen molar-refractivity contribution in [3.8, 4) is 0 Å². The third-order valence-corrected chi connectivity index (χ3v) is 3.20. The van der Waals surface area contributed by atoms with Gasteiger partial charge < -0.3 is 10.6 Å². The zero-order valence-electron chi connectivity index (χ0n) is 10.1. The largest absolute Gasteiger partial charge is 0.358 e. The number of hydrogen-bond acceptors (Lipinski definition) is 1. The smallest absolute Gasteiger partial charge is 0.171 e. The molecular weight excluding hydrogens is 299 g/mol. The van der Waals surface area contributed by atoms with Gasteiger partial charge in [-0.1, -0.05) is 35.4 Å². The van der Waals surface area contributed by atoms with Crippen molar-refractivity contribution in [2.24, 2.45) is 0 Å². The van der Waals surface area contributed by atoms with Gasteiger partial charge in [-0.3, -0.25) is 0 Å². The second-order valence-electron chi connectivity index (χ2n) is 4.08. The van der Waals surface area contributed by atoms with Crippen LogP contribution in [0.3, 0.4) is 0 Å². The highest BCUT2D eigenvalue weighted by molar-refractivity contribution is 7.80. The number of hydrogen-bond donors (Lipinski definition) is 2. The van der Waals surface area contributed by atoms with Crippen LogP contribution < -0.4 is 10.6 Å². The summed E-state index contributed by atoms with van der Waals surface area (Å²) in [4.78, 5) is 0. The number of allylic oxidation sites excluding steroid dienone is 3. The Morgan fingerprint density at radius 2 is 1.95 bits per heavy atom. The minimum absolute atomic E-state index is 0.578. The lowest BCUT2D eigenvalue weighted by Gasteiger charge is -2.13. The molecule has 0 amide bonds. The molecule has 99 valence electrons. The van der Waals surface area contributed by atoms with E-state index in [0.29, 0.717) is 21.7 Å². The predicted octanol–water partition coefficient (Wildman–Crippen LogP) is 4.01. The Morgan fingerprint density at radius 3 is 2.58 bits per heavy atom. The summed E-state index contributed by atoms with van der Waals surface area (Å²) in [5.41, 5.74) is 1.99. The van der Waals surface area contributed by atoms with Gasteiger partial charge in [0.2, 0.25) is 0 Å². The van der Waals surface area contributed by atoms with Gasteiger partial charge in [0.1, 0.15) is 0 Å². The molecule has 1 radical (unpaired) electrons. The highest BCUT2D eigenvalue weighted by Crippen LogP contribution is 2.18. The molecule has 19 heavy (non-hydrogen) atoms. The lowest BCUT2D eigenvalue weighted by atomic mass is 10.1. The Kier molecular flexibility index (Phi) is 5.25. The van der Waals surface area contributed by atoms with Crippen LogP contribution in [0.15, 0.2) is 42.1 Å². The highest BCUT2D eigenvalue weighted by Gasteiger charge is 2.02. The van der Waals surface area contributed by atoms with E-state index in [-0.39, 0.29) is 0 Å². The van der Waals surface area contributed by atoms with Gasteiger partial charge in [0.15, 0.2) is 5.11 Å². The molecular formula is C14H13Cl2N2S. The summed E-state index contributed by atoms with van der Waals surface area (Å²) in [5, 5.41) is 8.07. The van der Waals surface area contributed by atoms with Crippen LogP contribution in [-0.4, -0.2) is 5.11 Å². The molecule has 0 saturated heterocycles. The molecule has 0 aliphatic heterocycles. The highest BCUT2D eigenvalue weighted by atomic mass is 35.5.